The Kier molecular flexibility index (Phi) is 6.78. The maximum Gasteiger partial charge on any atom is 0.308 e. The van der Waals surface area contributed by atoms with Crippen LogP contribution in [0.5, 0.6) is 0 Å². The first-order chi connectivity index (χ1) is 13.5. The summed E-state index contributed by atoms with van der Waals surface area (Å²) in [4.78, 5) is 36.3. The summed E-state index contributed by atoms with van der Waals surface area (Å²) in [5.41, 5.74) is 0.488. The topological polar surface area (TPSA) is 98.7 Å². The summed E-state index contributed by atoms with van der Waals surface area (Å²) in [6, 6.07) is 8.98. The number of pyridine rings is 2. The third-order valence-corrected chi connectivity index (χ3v) is 4.84. The van der Waals surface area contributed by atoms with Crippen LogP contribution in [0.25, 0.3) is 0 Å². The number of piperazine rings is 1. The SMILES string of the molecule is O=C(C[C@H](CN1CCN(c2ccccn2)CC1)C(=O)O)Nc1ccc(Cl)nc1. The third-order valence-electron chi connectivity index (χ3n) is 4.62. The van der Waals surface area contributed by atoms with Crippen molar-refractivity contribution in [2.75, 3.05) is 42.9 Å². The van der Waals surface area contributed by atoms with Crippen LogP contribution in [-0.4, -0.2) is 64.6 Å². The number of halogens is 1. The Morgan fingerprint density at radius 1 is 1.14 bits per heavy atom. The molecule has 1 saturated heterocycles. The Balaban J connectivity index is 1.50. The molecule has 2 aromatic rings. The quantitative estimate of drug-likeness (QED) is 0.682. The van der Waals surface area contributed by atoms with Crippen molar-refractivity contribution in [1.29, 1.82) is 0 Å². The summed E-state index contributed by atoms with van der Waals surface area (Å²) in [5.74, 6) is -1.19. The van der Waals surface area contributed by atoms with Gasteiger partial charge in [-0.05, 0) is 24.3 Å². The molecule has 9 heteroatoms. The van der Waals surface area contributed by atoms with Gasteiger partial charge in [0, 0.05) is 45.3 Å². The van der Waals surface area contributed by atoms with Gasteiger partial charge in [0.2, 0.25) is 5.91 Å². The van der Waals surface area contributed by atoms with E-state index in [1.54, 1.807) is 18.3 Å². The summed E-state index contributed by atoms with van der Waals surface area (Å²) in [6.45, 7) is 3.32. The molecule has 1 aliphatic heterocycles. The fraction of sp³-hybridized carbons (Fsp3) is 0.368. The van der Waals surface area contributed by atoms with E-state index >= 15 is 0 Å². The second kappa shape index (κ2) is 9.48. The van der Waals surface area contributed by atoms with Crippen LogP contribution in [-0.2, 0) is 9.59 Å². The molecule has 1 fully saturated rings. The van der Waals surface area contributed by atoms with Crippen LogP contribution in [0.15, 0.2) is 42.7 Å². The molecule has 0 aliphatic carbocycles. The summed E-state index contributed by atoms with van der Waals surface area (Å²) in [7, 11) is 0. The number of carboxylic acids is 1. The van der Waals surface area contributed by atoms with Gasteiger partial charge in [-0.2, -0.15) is 0 Å². The number of carbonyl (C=O) groups is 2. The first-order valence-electron chi connectivity index (χ1n) is 9.04. The van der Waals surface area contributed by atoms with Crippen molar-refractivity contribution in [2.24, 2.45) is 5.92 Å². The lowest BCUT2D eigenvalue weighted by atomic mass is 10.0. The highest BCUT2D eigenvalue weighted by Gasteiger charge is 2.26. The number of hydrogen-bond donors (Lipinski definition) is 2. The number of aromatic nitrogens is 2. The van der Waals surface area contributed by atoms with Crippen LogP contribution in [0.2, 0.25) is 5.15 Å². The summed E-state index contributed by atoms with van der Waals surface area (Å²) in [6.07, 6.45) is 3.10. The average molecular weight is 404 g/mol. The van der Waals surface area contributed by atoms with Gasteiger partial charge in [0.1, 0.15) is 11.0 Å². The molecule has 8 nitrogen and oxygen atoms in total. The van der Waals surface area contributed by atoms with Crippen molar-refractivity contribution < 1.29 is 14.7 Å². The molecule has 1 atom stereocenters. The maximum absolute atomic E-state index is 12.2. The predicted octanol–water partition coefficient (Wildman–Crippen LogP) is 1.98. The maximum atomic E-state index is 12.2. The number of carboxylic acid groups (broad SMARTS) is 1. The molecular weight excluding hydrogens is 382 g/mol. The van der Waals surface area contributed by atoms with E-state index in [9.17, 15) is 14.7 Å². The van der Waals surface area contributed by atoms with Crippen molar-refractivity contribution in [3.05, 3.63) is 47.9 Å². The Morgan fingerprint density at radius 2 is 1.93 bits per heavy atom. The molecular formula is C19H22ClN5O3. The second-order valence-corrected chi connectivity index (χ2v) is 7.02. The lowest BCUT2D eigenvalue weighted by Gasteiger charge is -2.36. The highest BCUT2D eigenvalue weighted by molar-refractivity contribution is 6.29. The van der Waals surface area contributed by atoms with Gasteiger partial charge in [-0.15, -0.1) is 0 Å². The number of carbonyl (C=O) groups excluding carboxylic acids is 1. The largest absolute Gasteiger partial charge is 0.481 e. The molecule has 2 aromatic heterocycles. The van der Waals surface area contributed by atoms with Crippen LogP contribution in [0.1, 0.15) is 6.42 Å². The van der Waals surface area contributed by atoms with Crippen molar-refractivity contribution in [2.45, 2.75) is 6.42 Å². The van der Waals surface area contributed by atoms with Gasteiger partial charge in [0.15, 0.2) is 0 Å². The number of hydrogen-bond acceptors (Lipinski definition) is 6. The fourth-order valence-electron chi connectivity index (χ4n) is 3.13. The highest BCUT2D eigenvalue weighted by atomic mass is 35.5. The number of nitrogens with zero attached hydrogens (tertiary/aromatic N) is 4. The summed E-state index contributed by atoms with van der Waals surface area (Å²) < 4.78 is 0. The molecule has 1 aliphatic rings. The zero-order valence-corrected chi connectivity index (χ0v) is 16.0. The number of anilines is 2. The van der Waals surface area contributed by atoms with Gasteiger partial charge in [-0.25, -0.2) is 9.97 Å². The molecule has 0 aromatic carbocycles. The van der Waals surface area contributed by atoms with Crippen molar-refractivity contribution >= 4 is 35.0 Å². The molecule has 148 valence electrons. The van der Waals surface area contributed by atoms with Gasteiger partial charge in [0.05, 0.1) is 17.8 Å². The molecule has 28 heavy (non-hydrogen) atoms. The van der Waals surface area contributed by atoms with Crippen molar-refractivity contribution in [3.8, 4) is 0 Å². The Hall–Kier alpha value is -2.71. The molecule has 0 saturated carbocycles. The number of aliphatic carboxylic acids is 1. The third kappa shape index (κ3) is 5.64. The van der Waals surface area contributed by atoms with Crippen LogP contribution in [0.4, 0.5) is 11.5 Å². The van der Waals surface area contributed by atoms with Crippen LogP contribution in [0, 0.1) is 5.92 Å². The van der Waals surface area contributed by atoms with Crippen LogP contribution >= 0.6 is 11.6 Å². The minimum absolute atomic E-state index is 0.0988. The van der Waals surface area contributed by atoms with E-state index in [-0.39, 0.29) is 12.3 Å². The van der Waals surface area contributed by atoms with E-state index in [1.807, 2.05) is 18.2 Å². The smallest absolute Gasteiger partial charge is 0.308 e. The number of amides is 1. The molecule has 0 bridgehead atoms. The van der Waals surface area contributed by atoms with E-state index in [4.69, 9.17) is 11.6 Å². The standard InChI is InChI=1S/C19H22ClN5O3/c20-16-5-4-15(12-22-16)23-18(26)11-14(19(27)28)13-24-7-9-25(10-8-24)17-3-1-2-6-21-17/h1-6,12,14H,7-11,13H2,(H,23,26)(H,27,28)/t14-/m1/s1. The van der Waals surface area contributed by atoms with Gasteiger partial charge in [0.25, 0.3) is 0 Å². The number of nitrogens with one attached hydrogen (secondary N) is 1. The van der Waals surface area contributed by atoms with E-state index in [2.05, 4.69) is 25.1 Å². The molecule has 0 spiro atoms. The van der Waals surface area contributed by atoms with Crippen molar-refractivity contribution in [3.63, 3.8) is 0 Å². The Bertz CT molecular complexity index is 795. The van der Waals surface area contributed by atoms with Gasteiger partial charge < -0.3 is 15.3 Å². The molecule has 1 amide bonds. The zero-order valence-electron chi connectivity index (χ0n) is 15.3. The lowest BCUT2D eigenvalue weighted by Crippen LogP contribution is -2.49. The Labute approximate surface area is 168 Å². The van der Waals surface area contributed by atoms with Gasteiger partial charge in [-0.1, -0.05) is 17.7 Å². The lowest BCUT2D eigenvalue weighted by molar-refractivity contribution is -0.144. The minimum atomic E-state index is -0.975. The summed E-state index contributed by atoms with van der Waals surface area (Å²) >= 11 is 5.72. The molecule has 3 heterocycles. The summed E-state index contributed by atoms with van der Waals surface area (Å²) in [5, 5.41) is 12.5. The van der Waals surface area contributed by atoms with Gasteiger partial charge in [-0.3, -0.25) is 14.5 Å². The molecule has 2 N–H and O–H groups in total. The van der Waals surface area contributed by atoms with E-state index in [1.165, 1.54) is 6.20 Å². The fourth-order valence-corrected chi connectivity index (χ4v) is 3.24. The average Bonchev–Trinajstić information content (AvgIpc) is 2.70. The van der Waals surface area contributed by atoms with Crippen LogP contribution in [0.3, 0.4) is 0 Å². The second-order valence-electron chi connectivity index (χ2n) is 6.63. The molecule has 3 rings (SSSR count). The zero-order chi connectivity index (χ0) is 19.9. The van der Waals surface area contributed by atoms with E-state index in [0.29, 0.717) is 17.4 Å². The minimum Gasteiger partial charge on any atom is -0.481 e. The van der Waals surface area contributed by atoms with Crippen LogP contribution < -0.4 is 10.2 Å². The highest BCUT2D eigenvalue weighted by Crippen LogP contribution is 2.16. The molecule has 0 radical (unpaired) electrons. The first-order valence-corrected chi connectivity index (χ1v) is 9.41. The number of rotatable bonds is 7. The Morgan fingerprint density at radius 3 is 2.54 bits per heavy atom. The normalized spacial score (nSPS) is 15.8. The predicted molar refractivity (Wildman–Crippen MR) is 107 cm³/mol. The first kappa shape index (κ1) is 20.0. The van der Waals surface area contributed by atoms with Gasteiger partial charge >= 0.3 is 5.97 Å². The van der Waals surface area contributed by atoms with E-state index < -0.39 is 11.9 Å². The van der Waals surface area contributed by atoms with Crippen molar-refractivity contribution in [1.82, 2.24) is 14.9 Å². The van der Waals surface area contributed by atoms with E-state index in [0.717, 1.165) is 32.0 Å². The molecule has 0 unspecified atom stereocenters. The monoisotopic (exact) mass is 403 g/mol.